The quantitative estimate of drug-likeness (QED) is 0.0918. The third kappa shape index (κ3) is 8.32. The summed E-state index contributed by atoms with van der Waals surface area (Å²) in [5.41, 5.74) is 21.0. The second-order valence-electron chi connectivity index (χ2n) is 19.1. The van der Waals surface area contributed by atoms with E-state index >= 15 is 0 Å². The summed E-state index contributed by atoms with van der Waals surface area (Å²) in [7, 11) is 0. The SMILES string of the molecule is CC(C)(C)N(C(=O)O)C1(c2ccc(-c3nc4c(cc3-c3ccccc3)/C(=N/O)CCC4)cc2)CCC1.NC1(c2ccc(-c3nc4c(cc3-c3ccccc3)/C(=N/O)CCC4)cc2)CCC1. The standard InChI is InChI=1S/C30H33N3O3.C25H25N3O/c1-29(2,3)33(28(34)35)30(17-8-18-30)22-15-13-21(14-16-22)27-23(20-9-5-4-6-10-20)19-24-25(31-27)11-7-12-26(24)32-36;26-25(14-5-15-25)19-12-10-18(11-13-19)24-20(17-6-2-1-3-7-17)16-21-22(27-24)8-4-9-23(21)28-29/h4-6,9-10,13-16,19,36H,7-8,11-12,17-18H2,1-3H3,(H,34,35);1-3,6-7,10-13,16,29H,4-5,8-9,14-15,26H2/b32-26+;28-23+. The van der Waals surface area contributed by atoms with E-state index in [-0.39, 0.29) is 5.54 Å². The second kappa shape index (κ2) is 17.7. The molecule has 1 amide bonds. The summed E-state index contributed by atoms with van der Waals surface area (Å²) in [4.78, 5) is 24.1. The first kappa shape index (κ1) is 43.6. The summed E-state index contributed by atoms with van der Waals surface area (Å²) in [5, 5.41) is 36.3. The molecule has 10 heteroatoms. The van der Waals surface area contributed by atoms with Gasteiger partial charge in [0.2, 0.25) is 0 Å². The average Bonchev–Trinajstić information content (AvgIpc) is 3.31. The van der Waals surface area contributed by atoms with Crippen LogP contribution < -0.4 is 5.73 Å². The summed E-state index contributed by atoms with van der Waals surface area (Å²) in [6, 6.07) is 41.6. The lowest BCUT2D eigenvalue weighted by atomic mass is 9.69. The van der Waals surface area contributed by atoms with Gasteiger partial charge in [0.15, 0.2) is 0 Å². The van der Waals surface area contributed by atoms with Crippen LogP contribution in [-0.4, -0.2) is 53.4 Å². The zero-order valence-electron chi connectivity index (χ0n) is 37.6. The molecule has 5 N–H and O–H groups in total. The Morgan fingerprint density at radius 1 is 0.569 bits per heavy atom. The van der Waals surface area contributed by atoms with Gasteiger partial charge in [-0.05, 0) is 132 Å². The van der Waals surface area contributed by atoms with Crippen molar-refractivity contribution in [2.45, 2.75) is 114 Å². The van der Waals surface area contributed by atoms with Gasteiger partial charge in [-0.2, -0.15) is 0 Å². The molecule has 10 nitrogen and oxygen atoms in total. The molecule has 6 aromatic rings. The minimum atomic E-state index is -0.879. The zero-order valence-corrected chi connectivity index (χ0v) is 37.6. The van der Waals surface area contributed by atoms with Gasteiger partial charge in [-0.25, -0.2) is 4.79 Å². The van der Waals surface area contributed by atoms with E-state index in [1.54, 1.807) is 4.90 Å². The minimum Gasteiger partial charge on any atom is -0.465 e. The molecule has 0 aliphatic heterocycles. The number of aromatic nitrogens is 2. The fourth-order valence-electron chi connectivity index (χ4n) is 10.4. The van der Waals surface area contributed by atoms with Crippen LogP contribution in [-0.2, 0) is 23.9 Å². The van der Waals surface area contributed by atoms with Crippen molar-refractivity contribution in [3.8, 4) is 44.8 Å². The topological polar surface area (TPSA) is 158 Å². The number of hydrogen-bond acceptors (Lipinski definition) is 8. The van der Waals surface area contributed by atoms with Gasteiger partial charge in [-0.3, -0.25) is 14.9 Å². The lowest BCUT2D eigenvalue weighted by Crippen LogP contribution is -2.60. The van der Waals surface area contributed by atoms with Gasteiger partial charge in [0.1, 0.15) is 0 Å². The van der Waals surface area contributed by atoms with Gasteiger partial charge in [0.25, 0.3) is 0 Å². The summed E-state index contributed by atoms with van der Waals surface area (Å²) in [6.07, 6.45) is 10.2. The molecule has 2 aromatic heterocycles. The fourth-order valence-corrected chi connectivity index (χ4v) is 10.4. The first-order valence-corrected chi connectivity index (χ1v) is 23.1. The zero-order chi connectivity index (χ0) is 45.3. The van der Waals surface area contributed by atoms with E-state index in [4.69, 9.17) is 15.7 Å². The maximum Gasteiger partial charge on any atom is 0.408 e. The molecule has 2 fully saturated rings. The number of oxime groups is 2. The molecular weight excluding hydrogens is 809 g/mol. The van der Waals surface area contributed by atoms with E-state index in [2.05, 4.69) is 95.2 Å². The number of pyridine rings is 2. The summed E-state index contributed by atoms with van der Waals surface area (Å²) in [5.74, 6) is 0. The largest absolute Gasteiger partial charge is 0.465 e. The first-order chi connectivity index (χ1) is 31.4. The predicted octanol–water partition coefficient (Wildman–Crippen LogP) is 12.4. The highest BCUT2D eigenvalue weighted by atomic mass is 16.4. The highest BCUT2D eigenvalue weighted by Gasteiger charge is 2.50. The number of benzene rings is 4. The molecule has 4 aromatic carbocycles. The summed E-state index contributed by atoms with van der Waals surface area (Å²) < 4.78 is 0. The van der Waals surface area contributed by atoms with Crippen molar-refractivity contribution in [2.75, 3.05) is 0 Å². The van der Waals surface area contributed by atoms with Crippen molar-refractivity contribution in [3.05, 3.63) is 155 Å². The van der Waals surface area contributed by atoms with Crippen molar-refractivity contribution in [3.63, 3.8) is 0 Å². The maximum atomic E-state index is 12.3. The highest BCUT2D eigenvalue weighted by Crippen LogP contribution is 2.50. The van der Waals surface area contributed by atoms with Crippen LogP contribution in [0.2, 0.25) is 0 Å². The predicted molar refractivity (Wildman–Crippen MR) is 258 cm³/mol. The number of aryl methyl sites for hydroxylation is 2. The molecule has 10 rings (SSSR count). The molecule has 0 spiro atoms. The van der Waals surface area contributed by atoms with E-state index in [9.17, 15) is 20.3 Å². The van der Waals surface area contributed by atoms with Crippen LogP contribution in [0.4, 0.5) is 4.79 Å². The number of carboxylic acid groups (broad SMARTS) is 1. The molecule has 0 saturated heterocycles. The fraction of sp³-hybridized carbons (Fsp3) is 0.327. The lowest BCUT2D eigenvalue weighted by Gasteiger charge is -2.54. The van der Waals surface area contributed by atoms with Crippen LogP contribution in [0.1, 0.15) is 119 Å². The van der Waals surface area contributed by atoms with E-state index in [1.807, 2.05) is 57.2 Å². The normalized spacial score (nSPS) is 18.3. The van der Waals surface area contributed by atoms with Gasteiger partial charge in [-0.15, -0.1) is 0 Å². The molecule has 332 valence electrons. The van der Waals surface area contributed by atoms with Crippen LogP contribution in [0.25, 0.3) is 44.8 Å². The number of fused-ring (bicyclic) bond motifs is 2. The Kier molecular flexibility index (Phi) is 11.9. The molecule has 0 bridgehead atoms. The molecule has 0 unspecified atom stereocenters. The highest BCUT2D eigenvalue weighted by molar-refractivity contribution is 6.04. The van der Waals surface area contributed by atoms with Crippen molar-refractivity contribution < 1.29 is 20.3 Å². The molecule has 4 aliphatic carbocycles. The van der Waals surface area contributed by atoms with Gasteiger partial charge >= 0.3 is 6.09 Å². The van der Waals surface area contributed by atoms with Crippen LogP contribution >= 0.6 is 0 Å². The van der Waals surface area contributed by atoms with E-state index in [1.165, 1.54) is 12.0 Å². The molecular formula is C55H58N6O4. The van der Waals surface area contributed by atoms with Crippen molar-refractivity contribution in [1.82, 2.24) is 14.9 Å². The Hall–Kier alpha value is -6.65. The Balaban J connectivity index is 0.000000168. The molecule has 2 saturated carbocycles. The van der Waals surface area contributed by atoms with Crippen LogP contribution in [0, 0.1) is 0 Å². The van der Waals surface area contributed by atoms with Crippen molar-refractivity contribution >= 4 is 17.5 Å². The Labute approximate surface area is 381 Å². The monoisotopic (exact) mass is 866 g/mol. The number of nitrogens with two attached hydrogens (primary N) is 1. The van der Waals surface area contributed by atoms with Gasteiger partial charge < -0.3 is 21.3 Å². The maximum absolute atomic E-state index is 12.3. The van der Waals surface area contributed by atoms with Gasteiger partial charge in [0, 0.05) is 44.5 Å². The number of amides is 1. The van der Waals surface area contributed by atoms with E-state index < -0.39 is 17.2 Å². The lowest BCUT2D eigenvalue weighted by molar-refractivity contribution is -0.0328. The van der Waals surface area contributed by atoms with Crippen LogP contribution in [0.5, 0.6) is 0 Å². The molecule has 0 atom stereocenters. The number of hydrogen-bond donors (Lipinski definition) is 4. The first-order valence-electron chi connectivity index (χ1n) is 23.1. The van der Waals surface area contributed by atoms with Crippen molar-refractivity contribution in [1.29, 1.82) is 0 Å². The third-order valence-corrected chi connectivity index (χ3v) is 14.0. The Morgan fingerprint density at radius 3 is 1.35 bits per heavy atom. The smallest absolute Gasteiger partial charge is 0.408 e. The minimum absolute atomic E-state index is 0.156. The molecule has 4 aliphatic rings. The van der Waals surface area contributed by atoms with Gasteiger partial charge in [-0.1, -0.05) is 120 Å². The van der Waals surface area contributed by atoms with Crippen molar-refractivity contribution in [2.24, 2.45) is 16.0 Å². The van der Waals surface area contributed by atoms with Crippen LogP contribution in [0.3, 0.4) is 0 Å². The molecule has 65 heavy (non-hydrogen) atoms. The summed E-state index contributed by atoms with van der Waals surface area (Å²) in [6.45, 7) is 5.88. The number of carbonyl (C=O) groups is 1. The Morgan fingerprint density at radius 2 is 1.00 bits per heavy atom. The van der Waals surface area contributed by atoms with Crippen LogP contribution in [0.15, 0.2) is 132 Å². The Bertz CT molecular complexity index is 2750. The summed E-state index contributed by atoms with van der Waals surface area (Å²) >= 11 is 0. The second-order valence-corrected chi connectivity index (χ2v) is 19.1. The number of nitrogens with zero attached hydrogens (tertiary/aromatic N) is 5. The molecule has 0 radical (unpaired) electrons. The molecule has 2 heterocycles. The van der Waals surface area contributed by atoms with E-state index in [0.29, 0.717) is 5.71 Å². The average molecular weight is 867 g/mol. The number of rotatable bonds is 7. The van der Waals surface area contributed by atoms with E-state index in [0.717, 1.165) is 149 Å². The van der Waals surface area contributed by atoms with Gasteiger partial charge in [0.05, 0.1) is 39.7 Å². The third-order valence-electron chi connectivity index (χ3n) is 14.0.